The highest BCUT2D eigenvalue weighted by molar-refractivity contribution is 5.85. The smallest absolute Gasteiger partial charge is 0.412 e. The molecule has 2 aromatic rings. The molecule has 26 heavy (non-hydrogen) atoms. The van der Waals surface area contributed by atoms with Gasteiger partial charge >= 0.3 is 6.09 Å². The lowest BCUT2D eigenvalue weighted by Gasteiger charge is -2.19. The molecule has 0 aromatic heterocycles. The number of benzene rings is 2. The number of aryl methyl sites for hydroxylation is 1. The number of nitro groups is 1. The molecule has 0 heterocycles. The van der Waals surface area contributed by atoms with Crippen LogP contribution in [0.2, 0.25) is 0 Å². The second-order valence-corrected chi connectivity index (χ2v) is 6.77. The number of nitrogens with one attached hydrogen (secondary N) is 1. The lowest BCUT2D eigenvalue weighted by atomic mass is 10.1. The normalized spacial score (nSPS) is 10.5. The minimum Gasteiger partial charge on any atom is -0.444 e. The highest BCUT2D eigenvalue weighted by Gasteiger charge is 2.16. The molecule has 0 aliphatic heterocycles. The summed E-state index contributed by atoms with van der Waals surface area (Å²) >= 11 is 0. The molecule has 0 bridgehead atoms. The van der Waals surface area contributed by atoms with E-state index in [1.54, 1.807) is 58.0 Å². The highest BCUT2D eigenvalue weighted by atomic mass is 16.6. The van der Waals surface area contributed by atoms with E-state index in [4.69, 9.17) is 4.74 Å². The fourth-order valence-electron chi connectivity index (χ4n) is 2.18. The van der Waals surface area contributed by atoms with Crippen LogP contribution < -0.4 is 5.32 Å². The van der Waals surface area contributed by atoms with Crippen molar-refractivity contribution in [2.75, 3.05) is 5.32 Å². The van der Waals surface area contributed by atoms with Gasteiger partial charge in [0.05, 0.1) is 4.92 Å². The maximum absolute atomic E-state index is 11.8. The van der Waals surface area contributed by atoms with E-state index in [1.807, 2.05) is 0 Å². The van der Waals surface area contributed by atoms with E-state index >= 15 is 0 Å². The van der Waals surface area contributed by atoms with Crippen LogP contribution in [-0.2, 0) is 4.74 Å². The van der Waals surface area contributed by atoms with Gasteiger partial charge in [-0.3, -0.25) is 15.4 Å². The number of rotatable bonds is 2. The molecule has 0 radical (unpaired) electrons. The van der Waals surface area contributed by atoms with Crippen molar-refractivity contribution in [3.63, 3.8) is 0 Å². The molecule has 2 aromatic carbocycles. The number of hydrogen-bond acceptors (Lipinski definition) is 4. The number of carbonyl (C=O) groups excluding carboxylic acids is 1. The third kappa shape index (κ3) is 5.95. The first-order valence-corrected chi connectivity index (χ1v) is 8.00. The van der Waals surface area contributed by atoms with E-state index in [-0.39, 0.29) is 5.69 Å². The summed E-state index contributed by atoms with van der Waals surface area (Å²) < 4.78 is 5.21. The second-order valence-electron chi connectivity index (χ2n) is 6.77. The topological polar surface area (TPSA) is 81.5 Å². The molecular weight excluding hydrogens is 332 g/mol. The summed E-state index contributed by atoms with van der Waals surface area (Å²) in [5.41, 5.74) is 1.98. The number of hydrogen-bond donors (Lipinski definition) is 1. The van der Waals surface area contributed by atoms with Crippen molar-refractivity contribution in [1.82, 2.24) is 0 Å². The maximum atomic E-state index is 11.8. The molecule has 6 heteroatoms. The molecule has 6 nitrogen and oxygen atoms in total. The highest BCUT2D eigenvalue weighted by Crippen LogP contribution is 2.17. The van der Waals surface area contributed by atoms with Gasteiger partial charge in [-0.25, -0.2) is 4.79 Å². The van der Waals surface area contributed by atoms with E-state index in [1.165, 1.54) is 12.1 Å². The largest absolute Gasteiger partial charge is 0.444 e. The monoisotopic (exact) mass is 352 g/mol. The number of nitrogens with zero attached hydrogens (tertiary/aromatic N) is 1. The van der Waals surface area contributed by atoms with Crippen LogP contribution in [0, 0.1) is 28.9 Å². The Morgan fingerprint density at radius 2 is 1.81 bits per heavy atom. The molecule has 0 saturated carbocycles. The fraction of sp³-hybridized carbons (Fsp3) is 0.250. The third-order valence-corrected chi connectivity index (χ3v) is 3.13. The minimum absolute atomic E-state index is 0.00893. The SMILES string of the molecule is Cc1cc(C#Cc2cccc(NC(=O)OC(C)(C)C)c2)cc([N+](=O)[O-])c1. The Balaban J connectivity index is 2.19. The van der Waals surface area contributed by atoms with Gasteiger partial charge in [0.1, 0.15) is 5.60 Å². The van der Waals surface area contributed by atoms with Crippen LogP contribution in [0.4, 0.5) is 16.2 Å². The molecule has 1 N–H and O–H groups in total. The van der Waals surface area contributed by atoms with Gasteiger partial charge in [-0.2, -0.15) is 0 Å². The maximum Gasteiger partial charge on any atom is 0.412 e. The summed E-state index contributed by atoms with van der Waals surface area (Å²) in [4.78, 5) is 22.3. The molecule has 0 aliphatic carbocycles. The van der Waals surface area contributed by atoms with Crippen LogP contribution in [0.1, 0.15) is 37.5 Å². The standard InChI is InChI=1S/C20H20N2O4/c1-14-10-16(13-18(11-14)22(24)25)9-8-15-6-5-7-17(12-15)21-19(23)26-20(2,3)4/h5-7,10-13H,1-4H3,(H,21,23). The summed E-state index contributed by atoms with van der Waals surface area (Å²) in [6, 6.07) is 11.7. The Morgan fingerprint density at radius 3 is 2.46 bits per heavy atom. The fourth-order valence-corrected chi connectivity index (χ4v) is 2.18. The molecule has 2 rings (SSSR count). The molecule has 1 amide bonds. The Kier molecular flexibility index (Phi) is 5.63. The Labute approximate surface area is 152 Å². The van der Waals surface area contributed by atoms with E-state index in [0.717, 1.165) is 5.56 Å². The van der Waals surface area contributed by atoms with Crippen molar-refractivity contribution in [2.24, 2.45) is 0 Å². The average Bonchev–Trinajstić information content (AvgIpc) is 2.51. The molecule has 0 saturated heterocycles. The zero-order valence-electron chi connectivity index (χ0n) is 15.1. The zero-order valence-corrected chi connectivity index (χ0v) is 15.1. The number of nitro benzene ring substituents is 1. The molecule has 0 fully saturated rings. The van der Waals surface area contributed by atoms with E-state index < -0.39 is 16.6 Å². The average molecular weight is 352 g/mol. The minimum atomic E-state index is -0.582. The van der Waals surface area contributed by atoms with Crippen molar-refractivity contribution in [3.05, 3.63) is 69.3 Å². The molecule has 134 valence electrons. The predicted octanol–water partition coefficient (Wildman–Crippen LogP) is 4.65. The second kappa shape index (κ2) is 7.70. The van der Waals surface area contributed by atoms with Crippen LogP contribution in [0.3, 0.4) is 0 Å². The number of amides is 1. The summed E-state index contributed by atoms with van der Waals surface area (Å²) in [6.45, 7) is 7.14. The summed E-state index contributed by atoms with van der Waals surface area (Å²) in [6.07, 6.45) is -0.545. The van der Waals surface area contributed by atoms with Gasteiger partial charge in [-0.15, -0.1) is 0 Å². The first-order chi connectivity index (χ1) is 12.1. The Bertz CT molecular complexity index is 902. The first-order valence-electron chi connectivity index (χ1n) is 8.00. The van der Waals surface area contributed by atoms with E-state index in [0.29, 0.717) is 16.8 Å². The van der Waals surface area contributed by atoms with Crippen molar-refractivity contribution in [1.29, 1.82) is 0 Å². The van der Waals surface area contributed by atoms with Gasteiger partial charge in [0, 0.05) is 28.9 Å². The van der Waals surface area contributed by atoms with Gasteiger partial charge < -0.3 is 4.74 Å². The predicted molar refractivity (Wildman–Crippen MR) is 100 cm³/mol. The van der Waals surface area contributed by atoms with Crippen LogP contribution in [0.25, 0.3) is 0 Å². The van der Waals surface area contributed by atoms with Gasteiger partial charge in [0.25, 0.3) is 5.69 Å². The summed E-state index contributed by atoms with van der Waals surface area (Å²) in [5.74, 6) is 5.87. The van der Waals surface area contributed by atoms with E-state index in [9.17, 15) is 14.9 Å². The molecular formula is C20H20N2O4. The zero-order chi connectivity index (χ0) is 19.3. The third-order valence-electron chi connectivity index (χ3n) is 3.13. The van der Waals surface area contributed by atoms with Crippen molar-refractivity contribution < 1.29 is 14.5 Å². The Hall–Kier alpha value is -3.33. The molecule has 0 atom stereocenters. The van der Waals surface area contributed by atoms with Crippen molar-refractivity contribution in [2.45, 2.75) is 33.3 Å². The van der Waals surface area contributed by atoms with Gasteiger partial charge in [0.15, 0.2) is 0 Å². The lowest BCUT2D eigenvalue weighted by molar-refractivity contribution is -0.384. The van der Waals surface area contributed by atoms with Crippen molar-refractivity contribution >= 4 is 17.5 Å². The molecule has 0 aliphatic rings. The van der Waals surface area contributed by atoms with Crippen LogP contribution in [0.5, 0.6) is 0 Å². The first kappa shape index (κ1) is 19.0. The lowest BCUT2D eigenvalue weighted by Crippen LogP contribution is -2.27. The van der Waals surface area contributed by atoms with Gasteiger partial charge in [0.2, 0.25) is 0 Å². The number of ether oxygens (including phenoxy) is 1. The van der Waals surface area contributed by atoms with Gasteiger partial charge in [-0.1, -0.05) is 17.9 Å². The molecule has 0 spiro atoms. The van der Waals surface area contributed by atoms with Crippen LogP contribution >= 0.6 is 0 Å². The molecule has 0 unspecified atom stereocenters. The van der Waals surface area contributed by atoms with Crippen LogP contribution in [0.15, 0.2) is 42.5 Å². The quantitative estimate of drug-likeness (QED) is 0.484. The number of carbonyl (C=O) groups is 1. The number of anilines is 1. The Morgan fingerprint density at radius 1 is 1.12 bits per heavy atom. The number of non-ortho nitro benzene ring substituents is 1. The van der Waals surface area contributed by atoms with Crippen molar-refractivity contribution in [3.8, 4) is 11.8 Å². The van der Waals surface area contributed by atoms with Crippen LogP contribution in [-0.4, -0.2) is 16.6 Å². The van der Waals surface area contributed by atoms with E-state index in [2.05, 4.69) is 17.2 Å². The van der Waals surface area contributed by atoms with Gasteiger partial charge in [-0.05, 0) is 57.5 Å². The summed E-state index contributed by atoms with van der Waals surface area (Å²) in [7, 11) is 0. The summed E-state index contributed by atoms with van der Waals surface area (Å²) in [5, 5.41) is 13.6.